The van der Waals surface area contributed by atoms with Gasteiger partial charge in [-0.15, -0.1) is 0 Å². The standard InChI is InChI=1S/C18H24N4O3/c1-9-13(10(2)22-15(19-9)7-17(25)21-22)6-16(24)20-18-12-4-3-11(5-12)14(18)8-23/h7,11-12,14,18,23H,3-6,8H2,1-2H3,(H,20,24)(H,21,25). The number of carbonyl (C=O) groups excluding carboxylic acids is 1. The Hall–Kier alpha value is -2.15. The Kier molecular flexibility index (Phi) is 3.91. The van der Waals surface area contributed by atoms with Gasteiger partial charge in [0.05, 0.1) is 6.42 Å². The molecule has 7 heteroatoms. The molecule has 4 rings (SSSR count). The molecule has 2 fully saturated rings. The van der Waals surface area contributed by atoms with Crippen molar-refractivity contribution in [2.75, 3.05) is 6.61 Å². The van der Waals surface area contributed by atoms with Crippen LogP contribution < -0.4 is 10.9 Å². The van der Waals surface area contributed by atoms with Crippen LogP contribution in [-0.2, 0) is 11.2 Å². The highest BCUT2D eigenvalue weighted by molar-refractivity contribution is 5.79. The first-order valence-electron chi connectivity index (χ1n) is 8.96. The first-order chi connectivity index (χ1) is 12.0. The maximum atomic E-state index is 12.7. The summed E-state index contributed by atoms with van der Waals surface area (Å²) in [6, 6.07) is 1.53. The van der Waals surface area contributed by atoms with Crippen LogP contribution >= 0.6 is 0 Å². The number of hydrogen-bond acceptors (Lipinski definition) is 4. The molecule has 2 saturated carbocycles. The molecule has 0 saturated heterocycles. The van der Waals surface area contributed by atoms with Gasteiger partial charge < -0.3 is 10.4 Å². The van der Waals surface area contributed by atoms with E-state index in [1.807, 2.05) is 13.8 Å². The molecule has 3 N–H and O–H groups in total. The van der Waals surface area contributed by atoms with Gasteiger partial charge in [0, 0.05) is 41.6 Å². The number of H-pyrrole nitrogens is 1. The lowest BCUT2D eigenvalue weighted by Gasteiger charge is -2.30. The third-order valence-electron chi connectivity index (χ3n) is 6.17. The van der Waals surface area contributed by atoms with Gasteiger partial charge in [0.1, 0.15) is 0 Å². The minimum atomic E-state index is -0.204. The van der Waals surface area contributed by atoms with Gasteiger partial charge in [0.2, 0.25) is 5.91 Å². The van der Waals surface area contributed by atoms with E-state index in [-0.39, 0.29) is 36.5 Å². The molecule has 2 aromatic heterocycles. The SMILES string of the molecule is Cc1nc2cc(=O)[nH]n2c(C)c1CC(=O)NC1C2CCC(C2)C1CO. The van der Waals surface area contributed by atoms with Crippen molar-refractivity contribution < 1.29 is 9.90 Å². The summed E-state index contributed by atoms with van der Waals surface area (Å²) in [5.41, 5.74) is 2.78. The molecule has 0 aromatic carbocycles. The average molecular weight is 344 g/mol. The molecular formula is C18H24N4O3. The first kappa shape index (κ1) is 16.3. The Balaban J connectivity index is 1.55. The third-order valence-corrected chi connectivity index (χ3v) is 6.17. The minimum Gasteiger partial charge on any atom is -0.396 e. The van der Waals surface area contributed by atoms with Crippen LogP contribution in [0.3, 0.4) is 0 Å². The van der Waals surface area contributed by atoms with E-state index >= 15 is 0 Å². The second-order valence-corrected chi connectivity index (χ2v) is 7.52. The van der Waals surface area contributed by atoms with Crippen molar-refractivity contribution in [2.45, 2.75) is 45.6 Å². The number of aromatic amines is 1. The zero-order valence-corrected chi connectivity index (χ0v) is 14.6. The number of aliphatic hydroxyl groups excluding tert-OH is 1. The van der Waals surface area contributed by atoms with Crippen LogP contribution in [0.5, 0.6) is 0 Å². The number of carbonyl (C=O) groups is 1. The Labute approximate surface area is 145 Å². The van der Waals surface area contributed by atoms with Crippen LogP contribution in [0, 0.1) is 31.6 Å². The second-order valence-electron chi connectivity index (χ2n) is 7.52. The smallest absolute Gasteiger partial charge is 0.266 e. The maximum absolute atomic E-state index is 12.7. The Bertz CT molecular complexity index is 884. The summed E-state index contributed by atoms with van der Waals surface area (Å²) in [6.45, 7) is 3.89. The van der Waals surface area contributed by atoms with E-state index in [9.17, 15) is 14.7 Å². The van der Waals surface area contributed by atoms with E-state index < -0.39 is 0 Å². The van der Waals surface area contributed by atoms with E-state index in [1.165, 1.54) is 12.5 Å². The van der Waals surface area contributed by atoms with E-state index in [2.05, 4.69) is 15.4 Å². The minimum absolute atomic E-state index is 0.0437. The predicted octanol–water partition coefficient (Wildman–Crippen LogP) is 0.705. The van der Waals surface area contributed by atoms with Crippen molar-refractivity contribution in [2.24, 2.45) is 17.8 Å². The third kappa shape index (κ3) is 2.66. The summed E-state index contributed by atoms with van der Waals surface area (Å²) >= 11 is 0. The van der Waals surface area contributed by atoms with Crippen molar-refractivity contribution in [3.63, 3.8) is 0 Å². The van der Waals surface area contributed by atoms with Gasteiger partial charge in [-0.1, -0.05) is 0 Å². The summed E-state index contributed by atoms with van der Waals surface area (Å²) < 4.78 is 1.63. The van der Waals surface area contributed by atoms with Gasteiger partial charge in [-0.3, -0.25) is 14.7 Å². The predicted molar refractivity (Wildman–Crippen MR) is 92.3 cm³/mol. The molecule has 4 unspecified atom stereocenters. The fourth-order valence-corrected chi connectivity index (χ4v) is 4.91. The average Bonchev–Trinajstić information content (AvgIpc) is 3.25. The molecule has 0 radical (unpaired) electrons. The lowest BCUT2D eigenvalue weighted by molar-refractivity contribution is -0.122. The number of nitrogens with zero attached hydrogens (tertiary/aromatic N) is 2. The quantitative estimate of drug-likeness (QED) is 0.760. The lowest BCUT2D eigenvalue weighted by Crippen LogP contribution is -2.45. The highest BCUT2D eigenvalue weighted by Crippen LogP contribution is 2.48. The molecule has 0 aliphatic heterocycles. The van der Waals surface area contributed by atoms with Crippen molar-refractivity contribution >= 4 is 11.6 Å². The summed E-state index contributed by atoms with van der Waals surface area (Å²) in [7, 11) is 0. The van der Waals surface area contributed by atoms with E-state index in [0.29, 0.717) is 17.5 Å². The van der Waals surface area contributed by atoms with Crippen LogP contribution in [0.25, 0.3) is 5.65 Å². The first-order valence-corrected chi connectivity index (χ1v) is 8.96. The van der Waals surface area contributed by atoms with Crippen LogP contribution in [0.1, 0.15) is 36.2 Å². The number of amides is 1. The van der Waals surface area contributed by atoms with Crippen molar-refractivity contribution in [1.82, 2.24) is 19.9 Å². The van der Waals surface area contributed by atoms with Gasteiger partial charge in [0.25, 0.3) is 5.56 Å². The van der Waals surface area contributed by atoms with Crippen LogP contribution in [-0.4, -0.2) is 38.3 Å². The molecule has 1 amide bonds. The largest absolute Gasteiger partial charge is 0.396 e. The van der Waals surface area contributed by atoms with Crippen LogP contribution in [0.2, 0.25) is 0 Å². The zero-order valence-electron chi connectivity index (χ0n) is 14.6. The molecule has 2 heterocycles. The molecule has 4 atom stereocenters. The number of aromatic nitrogens is 3. The molecular weight excluding hydrogens is 320 g/mol. The molecule has 2 bridgehead atoms. The molecule has 7 nitrogen and oxygen atoms in total. The molecule has 2 aliphatic rings. The highest BCUT2D eigenvalue weighted by Gasteiger charge is 2.47. The van der Waals surface area contributed by atoms with E-state index in [1.54, 1.807) is 4.52 Å². The summed E-state index contributed by atoms with van der Waals surface area (Å²) in [4.78, 5) is 28.6. The van der Waals surface area contributed by atoms with E-state index in [0.717, 1.165) is 29.8 Å². The lowest BCUT2D eigenvalue weighted by atomic mass is 9.85. The summed E-state index contributed by atoms with van der Waals surface area (Å²) in [5.74, 6) is 1.19. The number of aryl methyl sites for hydroxylation is 2. The number of fused-ring (bicyclic) bond motifs is 3. The number of rotatable bonds is 4. The maximum Gasteiger partial charge on any atom is 0.266 e. The van der Waals surface area contributed by atoms with Gasteiger partial charge in [0.15, 0.2) is 5.65 Å². The zero-order chi connectivity index (χ0) is 17.7. The van der Waals surface area contributed by atoms with Crippen molar-refractivity contribution in [3.8, 4) is 0 Å². The van der Waals surface area contributed by atoms with Gasteiger partial charge in [-0.2, -0.15) is 0 Å². The van der Waals surface area contributed by atoms with Crippen molar-refractivity contribution in [3.05, 3.63) is 33.4 Å². The Morgan fingerprint density at radius 2 is 2.16 bits per heavy atom. The fourth-order valence-electron chi connectivity index (χ4n) is 4.91. The normalized spacial score (nSPS) is 28.0. The number of aliphatic hydroxyl groups is 1. The Morgan fingerprint density at radius 1 is 1.40 bits per heavy atom. The molecule has 25 heavy (non-hydrogen) atoms. The fraction of sp³-hybridized carbons (Fsp3) is 0.611. The Morgan fingerprint density at radius 3 is 2.92 bits per heavy atom. The second kappa shape index (κ2) is 5.98. The summed E-state index contributed by atoms with van der Waals surface area (Å²) in [6.07, 6.45) is 3.66. The van der Waals surface area contributed by atoms with Gasteiger partial charge in [-0.05, 0) is 44.9 Å². The van der Waals surface area contributed by atoms with Crippen LogP contribution in [0.4, 0.5) is 0 Å². The van der Waals surface area contributed by atoms with Gasteiger partial charge in [-0.25, -0.2) is 9.50 Å². The van der Waals surface area contributed by atoms with Crippen molar-refractivity contribution in [1.29, 1.82) is 0 Å². The number of hydrogen-bond donors (Lipinski definition) is 3. The van der Waals surface area contributed by atoms with Gasteiger partial charge >= 0.3 is 0 Å². The van der Waals surface area contributed by atoms with E-state index in [4.69, 9.17) is 0 Å². The molecule has 2 aliphatic carbocycles. The molecule has 0 spiro atoms. The topological polar surface area (TPSA) is 99.5 Å². The monoisotopic (exact) mass is 344 g/mol. The summed E-state index contributed by atoms with van der Waals surface area (Å²) in [5, 5.41) is 15.5. The van der Waals surface area contributed by atoms with Crippen LogP contribution in [0.15, 0.2) is 10.9 Å². The molecule has 2 aromatic rings. The number of nitrogens with one attached hydrogen (secondary N) is 2. The highest BCUT2D eigenvalue weighted by atomic mass is 16.3. The molecule has 134 valence electrons.